The molecule has 0 aliphatic carbocycles. The molecule has 0 aliphatic heterocycles. The van der Waals surface area contributed by atoms with Crippen molar-refractivity contribution in [3.05, 3.63) is 21.8 Å². The second-order valence-electron chi connectivity index (χ2n) is 3.30. The molecular weight excluding hydrogens is 258 g/mol. The number of aryl methyl sites for hydroxylation is 2. The van der Waals surface area contributed by atoms with Crippen molar-refractivity contribution in [1.82, 2.24) is 9.97 Å². The van der Waals surface area contributed by atoms with Gasteiger partial charge < -0.3 is 5.73 Å². The molecule has 0 bridgehead atoms. The van der Waals surface area contributed by atoms with E-state index in [2.05, 4.69) is 22.3 Å². The third kappa shape index (κ3) is 2.75. The lowest BCUT2D eigenvalue weighted by Gasteiger charge is -1.95. The van der Waals surface area contributed by atoms with Crippen LogP contribution < -0.4 is 5.73 Å². The minimum absolute atomic E-state index is 0.646. The predicted molar refractivity (Wildman–Crippen MR) is 72.3 cm³/mol. The molecule has 0 saturated heterocycles. The van der Waals surface area contributed by atoms with Gasteiger partial charge in [-0.05, 0) is 13.3 Å². The second-order valence-corrected chi connectivity index (χ2v) is 6.52. The topological polar surface area (TPSA) is 51.8 Å². The molecule has 0 spiro atoms. The van der Waals surface area contributed by atoms with Gasteiger partial charge in [0.15, 0.2) is 5.13 Å². The number of anilines is 1. The van der Waals surface area contributed by atoms with Gasteiger partial charge in [0.25, 0.3) is 0 Å². The van der Waals surface area contributed by atoms with Crippen molar-refractivity contribution in [2.75, 3.05) is 5.73 Å². The quantitative estimate of drug-likeness (QED) is 0.866. The number of nitrogens with two attached hydrogens (primary N) is 1. The van der Waals surface area contributed by atoms with Crippen LogP contribution in [0, 0.1) is 6.92 Å². The van der Waals surface area contributed by atoms with Crippen LogP contribution in [0.25, 0.3) is 0 Å². The average Bonchev–Trinajstić information content (AvgIpc) is 2.82. The Labute approximate surface area is 107 Å². The normalized spacial score (nSPS) is 10.9. The summed E-state index contributed by atoms with van der Waals surface area (Å²) in [4.78, 5) is 8.73. The maximum Gasteiger partial charge on any atom is 0.181 e. The van der Waals surface area contributed by atoms with Gasteiger partial charge in [0, 0.05) is 11.1 Å². The minimum Gasteiger partial charge on any atom is -0.375 e. The maximum absolute atomic E-state index is 5.65. The Morgan fingerprint density at radius 1 is 1.44 bits per heavy atom. The van der Waals surface area contributed by atoms with Gasteiger partial charge in [-0.15, -0.1) is 23.1 Å². The molecule has 0 radical (unpaired) electrons. The van der Waals surface area contributed by atoms with Crippen molar-refractivity contribution in [2.24, 2.45) is 0 Å². The largest absolute Gasteiger partial charge is 0.375 e. The smallest absolute Gasteiger partial charge is 0.181 e. The third-order valence-corrected chi connectivity index (χ3v) is 5.45. The van der Waals surface area contributed by atoms with Gasteiger partial charge in [-0.3, -0.25) is 0 Å². The molecule has 2 aromatic heterocycles. The first kappa shape index (κ1) is 11.9. The van der Waals surface area contributed by atoms with Gasteiger partial charge in [-0.25, -0.2) is 9.97 Å². The Bertz CT molecular complexity index is 475. The van der Waals surface area contributed by atoms with E-state index in [-0.39, 0.29) is 0 Å². The van der Waals surface area contributed by atoms with Crippen LogP contribution in [-0.2, 0) is 12.2 Å². The monoisotopic (exact) mass is 271 g/mol. The number of thiazole rings is 2. The van der Waals surface area contributed by atoms with E-state index in [0.29, 0.717) is 5.13 Å². The summed E-state index contributed by atoms with van der Waals surface area (Å²) in [5.74, 6) is 0.902. The highest BCUT2D eigenvalue weighted by Gasteiger charge is 2.07. The fourth-order valence-electron chi connectivity index (χ4n) is 1.25. The molecule has 3 nitrogen and oxygen atoms in total. The highest BCUT2D eigenvalue weighted by atomic mass is 32.2. The Hall–Kier alpha value is -0.590. The van der Waals surface area contributed by atoms with Crippen LogP contribution in [0.3, 0.4) is 0 Å². The van der Waals surface area contributed by atoms with Crippen molar-refractivity contribution in [1.29, 1.82) is 0 Å². The molecule has 0 amide bonds. The van der Waals surface area contributed by atoms with Crippen LogP contribution in [-0.4, -0.2) is 9.97 Å². The zero-order chi connectivity index (χ0) is 11.5. The van der Waals surface area contributed by atoms with E-state index in [9.17, 15) is 0 Å². The SMILES string of the molecule is CCc1nc(CSc2sc(N)nc2C)cs1. The van der Waals surface area contributed by atoms with Crippen LogP contribution in [0.15, 0.2) is 9.59 Å². The number of rotatable bonds is 4. The fourth-order valence-corrected chi connectivity index (χ4v) is 4.02. The minimum atomic E-state index is 0.646. The molecule has 2 rings (SSSR count). The van der Waals surface area contributed by atoms with E-state index in [1.165, 1.54) is 9.22 Å². The van der Waals surface area contributed by atoms with Gasteiger partial charge in [0.05, 0.1) is 20.6 Å². The Morgan fingerprint density at radius 3 is 2.81 bits per heavy atom. The van der Waals surface area contributed by atoms with Crippen LogP contribution in [0.1, 0.15) is 23.3 Å². The van der Waals surface area contributed by atoms with Crippen LogP contribution in [0.2, 0.25) is 0 Å². The number of aromatic nitrogens is 2. The molecule has 0 saturated carbocycles. The Balaban J connectivity index is 1.99. The number of hydrogen-bond acceptors (Lipinski definition) is 6. The lowest BCUT2D eigenvalue weighted by Crippen LogP contribution is -1.83. The molecule has 0 aromatic carbocycles. The van der Waals surface area contributed by atoms with Crippen LogP contribution in [0.5, 0.6) is 0 Å². The number of hydrogen-bond donors (Lipinski definition) is 1. The summed E-state index contributed by atoms with van der Waals surface area (Å²) < 4.78 is 1.20. The van der Waals surface area contributed by atoms with E-state index < -0.39 is 0 Å². The van der Waals surface area contributed by atoms with Crippen molar-refractivity contribution in [2.45, 2.75) is 30.2 Å². The molecule has 86 valence electrons. The summed E-state index contributed by atoms with van der Waals surface area (Å²) in [5.41, 5.74) is 7.83. The van der Waals surface area contributed by atoms with E-state index in [1.54, 1.807) is 34.4 Å². The Kier molecular flexibility index (Phi) is 3.83. The third-order valence-electron chi connectivity index (χ3n) is 2.02. The molecule has 0 atom stereocenters. The van der Waals surface area contributed by atoms with E-state index in [0.717, 1.165) is 23.6 Å². The predicted octanol–water partition coefficient (Wildman–Crippen LogP) is 3.34. The molecule has 0 fully saturated rings. The van der Waals surface area contributed by atoms with E-state index >= 15 is 0 Å². The molecule has 6 heteroatoms. The van der Waals surface area contributed by atoms with Crippen molar-refractivity contribution in [3.63, 3.8) is 0 Å². The van der Waals surface area contributed by atoms with Gasteiger partial charge >= 0.3 is 0 Å². The standard InChI is InChI=1S/C10H13N3S3/c1-3-8-13-7(4-14-8)5-15-9-6(2)12-10(11)16-9/h4H,3,5H2,1-2H3,(H2,11,12). The summed E-state index contributed by atoms with van der Waals surface area (Å²) in [6.07, 6.45) is 1.02. The van der Waals surface area contributed by atoms with E-state index in [1.807, 2.05) is 6.92 Å². The summed E-state index contributed by atoms with van der Waals surface area (Å²) in [5, 5.41) is 3.98. The molecule has 0 aliphatic rings. The summed E-state index contributed by atoms with van der Waals surface area (Å²) in [7, 11) is 0. The first-order valence-corrected chi connectivity index (χ1v) is 7.66. The number of nitrogen functional groups attached to an aromatic ring is 1. The molecule has 2 heterocycles. The van der Waals surface area contributed by atoms with Gasteiger partial charge in [0.2, 0.25) is 0 Å². The summed E-state index contributed by atoms with van der Waals surface area (Å²) in [6.45, 7) is 4.12. The van der Waals surface area contributed by atoms with Gasteiger partial charge in [0.1, 0.15) is 0 Å². The second kappa shape index (κ2) is 5.16. The summed E-state index contributed by atoms with van der Waals surface area (Å²) in [6, 6.07) is 0. The first-order valence-electron chi connectivity index (χ1n) is 4.98. The molecular formula is C10H13N3S3. The summed E-state index contributed by atoms with van der Waals surface area (Å²) >= 11 is 5.05. The molecule has 2 aromatic rings. The van der Waals surface area contributed by atoms with Gasteiger partial charge in [-0.1, -0.05) is 18.3 Å². The molecule has 0 unspecified atom stereocenters. The van der Waals surface area contributed by atoms with Crippen LogP contribution in [0.4, 0.5) is 5.13 Å². The number of nitrogens with zero attached hydrogens (tertiary/aromatic N) is 2. The van der Waals surface area contributed by atoms with Crippen LogP contribution >= 0.6 is 34.4 Å². The zero-order valence-corrected chi connectivity index (χ0v) is 11.6. The molecule has 2 N–H and O–H groups in total. The highest BCUT2D eigenvalue weighted by molar-refractivity contribution is 8.00. The molecule has 16 heavy (non-hydrogen) atoms. The van der Waals surface area contributed by atoms with Gasteiger partial charge in [-0.2, -0.15) is 0 Å². The van der Waals surface area contributed by atoms with Crippen molar-refractivity contribution in [3.8, 4) is 0 Å². The highest BCUT2D eigenvalue weighted by Crippen LogP contribution is 2.32. The van der Waals surface area contributed by atoms with Crippen molar-refractivity contribution < 1.29 is 0 Å². The lowest BCUT2D eigenvalue weighted by molar-refractivity contribution is 1.06. The average molecular weight is 271 g/mol. The maximum atomic E-state index is 5.65. The lowest BCUT2D eigenvalue weighted by atomic mass is 10.5. The fraction of sp³-hybridized carbons (Fsp3) is 0.400. The van der Waals surface area contributed by atoms with Crippen molar-refractivity contribution >= 4 is 39.6 Å². The number of thioether (sulfide) groups is 1. The zero-order valence-electron chi connectivity index (χ0n) is 9.19. The van der Waals surface area contributed by atoms with E-state index in [4.69, 9.17) is 5.73 Å². The Morgan fingerprint density at radius 2 is 2.25 bits per heavy atom. The first-order chi connectivity index (χ1) is 7.69.